The van der Waals surface area contributed by atoms with Crippen molar-refractivity contribution in [2.45, 2.75) is 91.8 Å². The standard InChI is InChI=1S/C29H41Cl2NO10S/c1-24(2,3)27-18(19(27)21(33)34)20(42-43(10,38)39)29(25(4,5)6,40-14-15-11-12-16(30)17(31)13-15)28(27,22(35)36)32-23(37)41-26(7,8)9/h11-13,18-20H,14H2,1-10H3,(H,32,37)(H,33,34)(H,35,36)/t18-,19-,20+,27-,28+,29-/m0/s1. The molecule has 43 heavy (non-hydrogen) atoms. The summed E-state index contributed by atoms with van der Waals surface area (Å²) in [5.41, 5.74) is -9.74. The van der Waals surface area contributed by atoms with E-state index >= 15 is 0 Å². The minimum Gasteiger partial charge on any atom is -0.481 e. The number of carboxylic acids is 2. The van der Waals surface area contributed by atoms with Crippen LogP contribution in [0.15, 0.2) is 18.2 Å². The maximum atomic E-state index is 14.0. The van der Waals surface area contributed by atoms with Crippen LogP contribution in [-0.4, -0.2) is 65.8 Å². The van der Waals surface area contributed by atoms with Gasteiger partial charge in [0.2, 0.25) is 0 Å². The van der Waals surface area contributed by atoms with Crippen molar-refractivity contribution in [1.82, 2.24) is 5.32 Å². The highest BCUT2D eigenvalue weighted by atomic mass is 35.5. The highest BCUT2D eigenvalue weighted by molar-refractivity contribution is 7.86. The number of hydrogen-bond acceptors (Lipinski definition) is 8. The third-order valence-corrected chi connectivity index (χ3v) is 9.83. The Morgan fingerprint density at radius 1 is 0.953 bits per heavy atom. The predicted molar refractivity (Wildman–Crippen MR) is 159 cm³/mol. The zero-order valence-corrected chi connectivity index (χ0v) is 28.3. The number of amides is 1. The predicted octanol–water partition coefficient (Wildman–Crippen LogP) is 5.36. The number of carbonyl (C=O) groups excluding carboxylic acids is 1. The number of ether oxygens (including phenoxy) is 2. The van der Waals surface area contributed by atoms with Crippen molar-refractivity contribution in [3.8, 4) is 0 Å². The summed E-state index contributed by atoms with van der Waals surface area (Å²) in [5.74, 6) is -5.66. The van der Waals surface area contributed by atoms with Gasteiger partial charge in [0, 0.05) is 11.3 Å². The number of nitrogens with one attached hydrogen (secondary N) is 1. The van der Waals surface area contributed by atoms with Crippen LogP contribution in [0.5, 0.6) is 0 Å². The van der Waals surface area contributed by atoms with Gasteiger partial charge in [-0.1, -0.05) is 70.8 Å². The van der Waals surface area contributed by atoms with E-state index in [-0.39, 0.29) is 16.7 Å². The summed E-state index contributed by atoms with van der Waals surface area (Å²) in [7, 11) is -4.34. The number of carboxylic acid groups (broad SMARTS) is 2. The van der Waals surface area contributed by atoms with Crippen LogP contribution in [0.25, 0.3) is 0 Å². The molecule has 6 atom stereocenters. The Bertz CT molecular complexity index is 1430. The Labute approximate surface area is 262 Å². The summed E-state index contributed by atoms with van der Waals surface area (Å²) in [5, 5.41) is 24.8. The summed E-state index contributed by atoms with van der Waals surface area (Å²) in [6.45, 7) is 14.2. The van der Waals surface area contributed by atoms with Gasteiger partial charge in [-0.25, -0.2) is 9.59 Å². The van der Waals surface area contributed by atoms with Gasteiger partial charge in [-0.05, 0) is 49.3 Å². The molecule has 2 aliphatic rings. The number of alkyl carbamates (subject to hydrolysis) is 1. The molecule has 3 rings (SSSR count). The SMILES string of the molecule is CC(C)(C)OC(=O)N[C@]1(C(=O)O)[C@@]2(C(C)(C)C)[C@@H]([C@H]2C(=O)O)[C@@H](OS(C)(=O)=O)[C@]1(OCc1ccc(Cl)c(Cl)c1)C(C)(C)C. The molecule has 1 aromatic rings. The number of fused-ring (bicyclic) bond motifs is 1. The maximum Gasteiger partial charge on any atom is 0.408 e. The highest BCUT2D eigenvalue weighted by Crippen LogP contribution is 2.84. The largest absolute Gasteiger partial charge is 0.481 e. The molecule has 0 aromatic heterocycles. The molecule has 11 nitrogen and oxygen atoms in total. The van der Waals surface area contributed by atoms with Gasteiger partial charge in [0.25, 0.3) is 10.1 Å². The fourth-order valence-electron chi connectivity index (χ4n) is 7.54. The van der Waals surface area contributed by atoms with Gasteiger partial charge in [-0.3, -0.25) is 8.98 Å². The molecular formula is C29H41Cl2NO10S. The van der Waals surface area contributed by atoms with Gasteiger partial charge in [-0.15, -0.1) is 0 Å². The van der Waals surface area contributed by atoms with E-state index in [1.54, 1.807) is 68.4 Å². The zero-order valence-electron chi connectivity index (χ0n) is 26.0. The number of aliphatic carboxylic acids is 2. The third kappa shape index (κ3) is 5.51. The summed E-state index contributed by atoms with van der Waals surface area (Å²) in [6.07, 6.45) is -2.03. The Morgan fingerprint density at radius 2 is 1.51 bits per heavy atom. The van der Waals surface area contributed by atoms with Gasteiger partial charge in [0.1, 0.15) is 17.3 Å². The molecule has 0 radical (unpaired) electrons. The van der Waals surface area contributed by atoms with Crippen molar-refractivity contribution in [2.75, 3.05) is 6.26 Å². The minimum absolute atomic E-state index is 0.194. The van der Waals surface area contributed by atoms with E-state index in [1.165, 1.54) is 12.1 Å². The topological polar surface area (TPSA) is 166 Å². The second-order valence-electron chi connectivity index (χ2n) is 14.4. The molecule has 14 heteroatoms. The van der Waals surface area contributed by atoms with E-state index < -0.39 is 79.1 Å². The van der Waals surface area contributed by atoms with Crippen LogP contribution in [0, 0.1) is 28.1 Å². The van der Waals surface area contributed by atoms with Crippen LogP contribution in [0.4, 0.5) is 4.79 Å². The fourth-order valence-corrected chi connectivity index (χ4v) is 8.50. The minimum atomic E-state index is -4.34. The molecule has 2 fully saturated rings. The van der Waals surface area contributed by atoms with Gasteiger partial charge in [-0.2, -0.15) is 8.42 Å². The number of benzene rings is 1. The summed E-state index contributed by atoms with van der Waals surface area (Å²) in [6, 6.07) is 4.62. The Kier molecular flexibility index (Phi) is 8.84. The van der Waals surface area contributed by atoms with Crippen molar-refractivity contribution in [1.29, 1.82) is 0 Å². The highest BCUT2D eigenvalue weighted by Gasteiger charge is 2.98. The van der Waals surface area contributed by atoms with Crippen molar-refractivity contribution < 1.29 is 46.7 Å². The Balaban J connectivity index is 2.50. The first-order valence-electron chi connectivity index (χ1n) is 13.6. The van der Waals surface area contributed by atoms with Gasteiger partial charge in [0.05, 0.1) is 28.8 Å². The van der Waals surface area contributed by atoms with E-state index in [4.69, 9.17) is 36.9 Å². The van der Waals surface area contributed by atoms with Gasteiger partial charge in [0.15, 0.2) is 5.54 Å². The van der Waals surface area contributed by atoms with Crippen molar-refractivity contribution in [3.63, 3.8) is 0 Å². The van der Waals surface area contributed by atoms with Gasteiger partial charge >= 0.3 is 18.0 Å². The number of rotatable bonds is 8. The normalized spacial score (nSPS) is 30.8. The van der Waals surface area contributed by atoms with Crippen LogP contribution in [0.1, 0.15) is 67.9 Å². The van der Waals surface area contributed by atoms with Crippen LogP contribution >= 0.6 is 23.2 Å². The molecule has 242 valence electrons. The zero-order chi connectivity index (χ0) is 33.4. The van der Waals surface area contributed by atoms with Crippen molar-refractivity contribution >= 4 is 51.4 Å². The molecule has 2 aliphatic carbocycles. The third-order valence-electron chi connectivity index (χ3n) is 8.53. The second kappa shape index (κ2) is 10.8. The van der Waals surface area contributed by atoms with Crippen LogP contribution in [0.2, 0.25) is 10.0 Å². The molecule has 2 saturated carbocycles. The van der Waals surface area contributed by atoms with E-state index in [1.807, 2.05) is 0 Å². The first kappa shape index (κ1) is 35.4. The molecule has 0 aliphatic heterocycles. The molecule has 1 aromatic carbocycles. The number of hydrogen-bond donors (Lipinski definition) is 3. The van der Waals surface area contributed by atoms with Crippen LogP contribution < -0.4 is 5.32 Å². The van der Waals surface area contributed by atoms with E-state index in [0.29, 0.717) is 5.56 Å². The summed E-state index contributed by atoms with van der Waals surface area (Å²) >= 11 is 12.3. The van der Waals surface area contributed by atoms with E-state index in [2.05, 4.69) is 5.32 Å². The molecule has 3 N–H and O–H groups in total. The molecule has 1 amide bonds. The first-order chi connectivity index (χ1) is 19.2. The number of carbonyl (C=O) groups is 3. The van der Waals surface area contributed by atoms with Crippen LogP contribution in [-0.2, 0) is 40.0 Å². The monoisotopic (exact) mass is 665 g/mol. The maximum absolute atomic E-state index is 14.0. The lowest BCUT2D eigenvalue weighted by atomic mass is 9.54. The average molecular weight is 667 g/mol. The van der Waals surface area contributed by atoms with Crippen molar-refractivity contribution in [3.05, 3.63) is 33.8 Å². The quantitative estimate of drug-likeness (QED) is 0.308. The molecule has 0 heterocycles. The molecule has 0 saturated heterocycles. The molecule has 0 unspecified atom stereocenters. The van der Waals surface area contributed by atoms with Crippen molar-refractivity contribution in [2.24, 2.45) is 28.1 Å². The Hall–Kier alpha value is -2.12. The molecule has 0 bridgehead atoms. The van der Waals surface area contributed by atoms with E-state index in [9.17, 15) is 33.0 Å². The average Bonchev–Trinajstić information content (AvgIpc) is 3.44. The Morgan fingerprint density at radius 3 is 1.91 bits per heavy atom. The molecule has 0 spiro atoms. The second-order valence-corrected chi connectivity index (χ2v) is 16.8. The molecular weight excluding hydrogens is 625 g/mol. The lowest BCUT2D eigenvalue weighted by molar-refractivity contribution is -0.234. The lowest BCUT2D eigenvalue weighted by Crippen LogP contribution is -2.80. The fraction of sp³-hybridized carbons (Fsp3) is 0.690. The van der Waals surface area contributed by atoms with E-state index in [0.717, 1.165) is 6.26 Å². The lowest BCUT2D eigenvalue weighted by Gasteiger charge is -2.58. The number of halogens is 2. The summed E-state index contributed by atoms with van der Waals surface area (Å²) in [4.78, 5) is 40.4. The summed E-state index contributed by atoms with van der Waals surface area (Å²) < 4.78 is 43.5. The van der Waals surface area contributed by atoms with Crippen LogP contribution in [0.3, 0.4) is 0 Å². The van der Waals surface area contributed by atoms with Gasteiger partial charge < -0.3 is 25.0 Å². The first-order valence-corrected chi connectivity index (χ1v) is 16.2. The smallest absolute Gasteiger partial charge is 0.408 e.